The van der Waals surface area contributed by atoms with Crippen LogP contribution in [0.15, 0.2) is 35.3 Å². The molecule has 0 bridgehead atoms. The Bertz CT molecular complexity index is 666. The minimum absolute atomic E-state index is 0. The van der Waals surface area contributed by atoms with Gasteiger partial charge < -0.3 is 15.4 Å². The third kappa shape index (κ3) is 4.49. The normalized spacial score (nSPS) is 31.6. The van der Waals surface area contributed by atoms with Gasteiger partial charge in [-0.05, 0) is 25.3 Å². The highest BCUT2D eigenvalue weighted by molar-refractivity contribution is 14.0. The number of benzene rings is 1. The Morgan fingerprint density at radius 2 is 2.00 bits per heavy atom. The molecule has 0 amide bonds. The molecule has 1 aromatic carbocycles. The molecule has 2 N–H and O–H groups in total. The molecule has 0 spiro atoms. The van der Waals surface area contributed by atoms with E-state index < -0.39 is 0 Å². The van der Waals surface area contributed by atoms with Crippen molar-refractivity contribution >= 4 is 29.9 Å². The van der Waals surface area contributed by atoms with Crippen molar-refractivity contribution in [2.75, 3.05) is 26.2 Å². The highest BCUT2D eigenvalue weighted by Crippen LogP contribution is 2.52. The molecule has 1 aliphatic carbocycles. The van der Waals surface area contributed by atoms with Crippen LogP contribution in [0.25, 0.3) is 0 Å². The van der Waals surface area contributed by atoms with Crippen LogP contribution < -0.4 is 10.6 Å². The first-order valence-corrected chi connectivity index (χ1v) is 10.5. The predicted molar refractivity (Wildman–Crippen MR) is 125 cm³/mol. The molecule has 0 aromatic heterocycles. The number of ether oxygens (including phenoxy) is 1. The standard InChI is InChI=1S/C22H34N4O.HI/c1-4-23-21(25-19-18-11-13-27-20(18)22(19,2)3)24-17-10-12-26(15-17)14-16-8-6-5-7-9-16;/h5-9,17-20H,4,10-15H2,1-3H3,(H2,23,24,25);1H. The highest BCUT2D eigenvalue weighted by atomic mass is 127. The van der Waals surface area contributed by atoms with E-state index in [2.05, 4.69) is 66.6 Å². The van der Waals surface area contributed by atoms with Crippen molar-refractivity contribution in [1.29, 1.82) is 0 Å². The van der Waals surface area contributed by atoms with Gasteiger partial charge in [-0.15, -0.1) is 24.0 Å². The van der Waals surface area contributed by atoms with Crippen molar-refractivity contribution in [2.45, 2.75) is 58.3 Å². The first kappa shape index (κ1) is 21.8. The number of nitrogens with one attached hydrogen (secondary N) is 2. The Hall–Kier alpha value is -0.860. The molecule has 2 heterocycles. The lowest BCUT2D eigenvalue weighted by Gasteiger charge is -2.55. The van der Waals surface area contributed by atoms with Crippen molar-refractivity contribution in [2.24, 2.45) is 16.3 Å². The van der Waals surface area contributed by atoms with Crippen molar-refractivity contribution in [3.63, 3.8) is 0 Å². The van der Waals surface area contributed by atoms with Crippen LogP contribution in [0.4, 0.5) is 0 Å². The minimum Gasteiger partial charge on any atom is -0.377 e. The summed E-state index contributed by atoms with van der Waals surface area (Å²) in [6.45, 7) is 11.7. The molecule has 6 heteroatoms. The van der Waals surface area contributed by atoms with Crippen LogP contribution in [0, 0.1) is 11.3 Å². The first-order valence-electron chi connectivity index (χ1n) is 10.5. The molecule has 1 aromatic rings. The Labute approximate surface area is 186 Å². The Balaban J connectivity index is 0.00000225. The topological polar surface area (TPSA) is 48.9 Å². The third-order valence-corrected chi connectivity index (χ3v) is 6.57. The lowest BCUT2D eigenvalue weighted by atomic mass is 9.57. The summed E-state index contributed by atoms with van der Waals surface area (Å²) in [5, 5.41) is 7.45. The van der Waals surface area contributed by atoms with Gasteiger partial charge in [0.2, 0.25) is 0 Å². The smallest absolute Gasteiger partial charge is 0.191 e. The van der Waals surface area contributed by atoms with Gasteiger partial charge in [0, 0.05) is 56.2 Å². The molecule has 5 nitrogen and oxygen atoms in total. The zero-order chi connectivity index (χ0) is 18.9. The van der Waals surface area contributed by atoms with Crippen LogP contribution in [0.5, 0.6) is 0 Å². The average Bonchev–Trinajstić information content (AvgIpc) is 3.29. The predicted octanol–water partition coefficient (Wildman–Crippen LogP) is 3.25. The SMILES string of the molecule is CCN=C(NC1CCN(Cc2ccccc2)C1)NC1C2CCOC2C1(C)C.I. The number of halogens is 1. The summed E-state index contributed by atoms with van der Waals surface area (Å²) in [6.07, 6.45) is 2.74. The van der Waals surface area contributed by atoms with Crippen LogP contribution in [0.1, 0.15) is 39.2 Å². The van der Waals surface area contributed by atoms with Gasteiger partial charge >= 0.3 is 0 Å². The number of hydrogen-bond donors (Lipinski definition) is 2. The van der Waals surface area contributed by atoms with Crippen molar-refractivity contribution in [1.82, 2.24) is 15.5 Å². The average molecular weight is 498 g/mol. The van der Waals surface area contributed by atoms with Crippen molar-refractivity contribution < 1.29 is 4.74 Å². The zero-order valence-electron chi connectivity index (χ0n) is 17.4. The fraction of sp³-hybridized carbons (Fsp3) is 0.682. The largest absolute Gasteiger partial charge is 0.377 e. The summed E-state index contributed by atoms with van der Waals surface area (Å²) in [7, 11) is 0. The number of rotatable bonds is 5. The molecule has 28 heavy (non-hydrogen) atoms. The lowest BCUT2D eigenvalue weighted by molar-refractivity contribution is -0.106. The molecule has 2 aliphatic heterocycles. The minimum atomic E-state index is 0. The van der Waals surface area contributed by atoms with Gasteiger partial charge in [-0.3, -0.25) is 9.89 Å². The number of guanidine groups is 1. The van der Waals surface area contributed by atoms with Gasteiger partial charge in [0.25, 0.3) is 0 Å². The van der Waals surface area contributed by atoms with E-state index in [9.17, 15) is 0 Å². The summed E-state index contributed by atoms with van der Waals surface area (Å²) in [4.78, 5) is 7.27. The zero-order valence-corrected chi connectivity index (χ0v) is 19.7. The van der Waals surface area contributed by atoms with Gasteiger partial charge in [0.1, 0.15) is 0 Å². The Kier molecular flexibility index (Phi) is 7.26. The second-order valence-electron chi connectivity index (χ2n) is 8.86. The molecule has 4 atom stereocenters. The maximum atomic E-state index is 5.94. The molecule has 3 aliphatic rings. The van der Waals surface area contributed by atoms with E-state index in [1.807, 2.05) is 0 Å². The van der Waals surface area contributed by atoms with Crippen molar-refractivity contribution in [3.05, 3.63) is 35.9 Å². The summed E-state index contributed by atoms with van der Waals surface area (Å²) in [6, 6.07) is 11.7. The van der Waals surface area contributed by atoms with Crippen LogP contribution in [0.2, 0.25) is 0 Å². The third-order valence-electron chi connectivity index (χ3n) is 6.57. The summed E-state index contributed by atoms with van der Waals surface area (Å²) < 4.78 is 5.94. The number of aliphatic imine (C=N–C) groups is 1. The first-order chi connectivity index (χ1) is 13.1. The van der Waals surface area contributed by atoms with Gasteiger partial charge in [0.15, 0.2) is 5.96 Å². The second kappa shape index (κ2) is 9.30. The number of likely N-dealkylation sites (tertiary alicyclic amines) is 1. The van der Waals surface area contributed by atoms with Crippen LogP contribution in [-0.4, -0.2) is 55.3 Å². The number of fused-ring (bicyclic) bond motifs is 1. The molecule has 1 saturated carbocycles. The molecule has 4 unspecified atom stereocenters. The monoisotopic (exact) mass is 498 g/mol. The van der Waals surface area contributed by atoms with Gasteiger partial charge in [-0.2, -0.15) is 0 Å². The van der Waals surface area contributed by atoms with E-state index in [-0.39, 0.29) is 29.4 Å². The number of nitrogens with zero attached hydrogens (tertiary/aromatic N) is 2. The van der Waals surface area contributed by atoms with Gasteiger partial charge in [-0.25, -0.2) is 0 Å². The fourth-order valence-electron chi connectivity index (χ4n) is 5.18. The molecular weight excluding hydrogens is 463 g/mol. The van der Waals surface area contributed by atoms with E-state index in [0.717, 1.165) is 38.7 Å². The molecule has 156 valence electrons. The van der Waals surface area contributed by atoms with Crippen LogP contribution in [0.3, 0.4) is 0 Å². The molecule has 4 rings (SSSR count). The number of hydrogen-bond acceptors (Lipinski definition) is 3. The van der Waals surface area contributed by atoms with Gasteiger partial charge in [0.05, 0.1) is 6.10 Å². The highest BCUT2D eigenvalue weighted by Gasteiger charge is 2.59. The molecule has 2 saturated heterocycles. The fourth-order valence-corrected chi connectivity index (χ4v) is 5.18. The maximum Gasteiger partial charge on any atom is 0.191 e. The maximum absolute atomic E-state index is 5.94. The Morgan fingerprint density at radius 3 is 2.75 bits per heavy atom. The van der Waals surface area contributed by atoms with E-state index in [4.69, 9.17) is 9.73 Å². The second-order valence-corrected chi connectivity index (χ2v) is 8.86. The van der Waals surface area contributed by atoms with E-state index in [0.29, 0.717) is 24.1 Å². The molecule has 3 fully saturated rings. The molecule has 0 radical (unpaired) electrons. The summed E-state index contributed by atoms with van der Waals surface area (Å²) >= 11 is 0. The van der Waals surface area contributed by atoms with E-state index in [1.54, 1.807) is 0 Å². The van der Waals surface area contributed by atoms with Crippen molar-refractivity contribution in [3.8, 4) is 0 Å². The van der Waals surface area contributed by atoms with Crippen LogP contribution in [-0.2, 0) is 11.3 Å². The van der Waals surface area contributed by atoms with Gasteiger partial charge in [-0.1, -0.05) is 44.2 Å². The van der Waals surface area contributed by atoms with E-state index >= 15 is 0 Å². The lowest BCUT2D eigenvalue weighted by Crippen LogP contribution is -2.68. The summed E-state index contributed by atoms with van der Waals surface area (Å²) in [5.74, 6) is 1.61. The molecular formula is C22H35IN4O. The van der Waals surface area contributed by atoms with E-state index in [1.165, 1.54) is 18.4 Å². The van der Waals surface area contributed by atoms with Crippen LogP contribution >= 0.6 is 24.0 Å². The summed E-state index contributed by atoms with van der Waals surface area (Å²) in [5.41, 5.74) is 1.56. The Morgan fingerprint density at radius 1 is 1.21 bits per heavy atom. The quantitative estimate of drug-likeness (QED) is 0.372.